The minimum Gasteiger partial charge on any atom is -0.460 e. The molecule has 0 saturated carbocycles. The van der Waals surface area contributed by atoms with Gasteiger partial charge in [-0.05, 0) is 63.1 Å². The van der Waals surface area contributed by atoms with Crippen LogP contribution in [0.3, 0.4) is 0 Å². The van der Waals surface area contributed by atoms with Gasteiger partial charge in [0.2, 0.25) is 5.78 Å². The summed E-state index contributed by atoms with van der Waals surface area (Å²) in [6.45, 7) is 9.41. The Kier molecular flexibility index (Phi) is 9.30. The highest BCUT2D eigenvalue weighted by Crippen LogP contribution is 2.30. The molecule has 1 aliphatic heterocycles. The molecule has 46 heavy (non-hydrogen) atoms. The number of hydrogen-bond acceptors (Lipinski definition) is 7. The van der Waals surface area contributed by atoms with Gasteiger partial charge >= 0.3 is 16.2 Å². The molecule has 1 unspecified atom stereocenters. The predicted octanol–water partition coefficient (Wildman–Crippen LogP) is 5.51. The number of carbonyl (C=O) groups excluding carboxylic acids is 2. The van der Waals surface area contributed by atoms with Crippen LogP contribution >= 0.6 is 0 Å². The fourth-order valence-corrected chi connectivity index (χ4v) is 6.26. The Morgan fingerprint density at radius 3 is 2.52 bits per heavy atom. The second-order valence-electron chi connectivity index (χ2n) is 12.4. The normalized spacial score (nSPS) is 15.9. The van der Waals surface area contributed by atoms with Crippen molar-refractivity contribution >= 4 is 38.7 Å². The molecule has 1 aliphatic rings. The van der Waals surface area contributed by atoms with Crippen molar-refractivity contribution in [3.8, 4) is 11.1 Å². The molecule has 5 rings (SSSR count). The molecule has 1 saturated heterocycles. The lowest BCUT2D eigenvalue weighted by Crippen LogP contribution is -2.32. The van der Waals surface area contributed by atoms with Crippen LogP contribution in [0, 0.1) is 17.6 Å². The highest BCUT2D eigenvalue weighted by Gasteiger charge is 2.32. The number of nitrogens with zero attached hydrogens (tertiary/aromatic N) is 3. The van der Waals surface area contributed by atoms with Crippen LogP contribution in [0.4, 0.5) is 14.5 Å². The first-order valence-corrected chi connectivity index (χ1v) is 16.4. The van der Waals surface area contributed by atoms with Crippen molar-refractivity contribution in [2.75, 3.05) is 31.4 Å². The van der Waals surface area contributed by atoms with E-state index >= 15 is 4.39 Å². The molecule has 0 aliphatic carbocycles. The first-order chi connectivity index (χ1) is 21.7. The van der Waals surface area contributed by atoms with Gasteiger partial charge in [-0.25, -0.2) is 13.8 Å². The molecule has 10 nitrogen and oxygen atoms in total. The number of carbonyl (C=O) groups is 2. The molecule has 2 N–H and O–H groups in total. The second-order valence-corrected chi connectivity index (χ2v) is 14.2. The van der Waals surface area contributed by atoms with Crippen LogP contribution < -0.4 is 4.72 Å². The number of aromatic amines is 1. The lowest BCUT2D eigenvalue weighted by Gasteiger charge is -2.22. The molecule has 3 heterocycles. The summed E-state index contributed by atoms with van der Waals surface area (Å²) in [4.78, 5) is 35.5. The highest BCUT2D eigenvalue weighted by atomic mass is 32.2. The molecule has 1 atom stereocenters. The summed E-state index contributed by atoms with van der Waals surface area (Å²) in [5.41, 5.74) is 0.954. The van der Waals surface area contributed by atoms with Crippen LogP contribution in [0.15, 0.2) is 54.9 Å². The standard InChI is InChI=1S/C33H37F2N5O5S/c1-6-39(5)46(43,44)38-27-12-11-26(34)28(29(27)35)30(41)25-17-37-31-24(25)15-23(16-36-31)21-9-7-20(8-10-21)18-40-14-13-22(19-40)32(42)45-33(2,3)4/h7-12,15-17,22,38H,6,13-14,18-19H2,1-5H3,(H,36,37). The van der Waals surface area contributed by atoms with E-state index in [1.54, 1.807) is 19.2 Å². The molecule has 0 bridgehead atoms. The smallest absolute Gasteiger partial charge is 0.310 e. The van der Waals surface area contributed by atoms with Gasteiger partial charge in [0.05, 0.1) is 17.2 Å². The van der Waals surface area contributed by atoms with Crippen LogP contribution in [-0.4, -0.2) is 71.6 Å². The number of nitrogens with one attached hydrogen (secondary N) is 2. The van der Waals surface area contributed by atoms with E-state index in [9.17, 15) is 22.4 Å². The Balaban J connectivity index is 1.34. The molecule has 1 fully saturated rings. The number of anilines is 1. The maximum atomic E-state index is 15.5. The van der Waals surface area contributed by atoms with Crippen molar-refractivity contribution < 1.29 is 31.5 Å². The number of rotatable bonds is 10. The summed E-state index contributed by atoms with van der Waals surface area (Å²) in [6.07, 6.45) is 3.71. The third-order valence-electron chi connectivity index (χ3n) is 7.89. The molecule has 4 aromatic rings. The van der Waals surface area contributed by atoms with Gasteiger partial charge in [-0.1, -0.05) is 31.2 Å². The van der Waals surface area contributed by atoms with E-state index in [1.165, 1.54) is 13.2 Å². The Morgan fingerprint density at radius 2 is 1.85 bits per heavy atom. The first kappa shape index (κ1) is 33.2. The fourth-order valence-electron chi connectivity index (χ4n) is 5.32. The number of hydrogen-bond donors (Lipinski definition) is 2. The number of aromatic nitrogens is 2. The topological polar surface area (TPSA) is 125 Å². The van der Waals surface area contributed by atoms with Gasteiger partial charge in [0.1, 0.15) is 17.1 Å². The van der Waals surface area contributed by atoms with Crippen LogP contribution in [0.25, 0.3) is 22.2 Å². The Labute approximate surface area is 266 Å². The summed E-state index contributed by atoms with van der Waals surface area (Å²) >= 11 is 0. The lowest BCUT2D eigenvalue weighted by atomic mass is 9.99. The quantitative estimate of drug-likeness (QED) is 0.171. The predicted molar refractivity (Wildman–Crippen MR) is 171 cm³/mol. The van der Waals surface area contributed by atoms with Gasteiger partial charge in [0, 0.05) is 55.6 Å². The SMILES string of the molecule is CCN(C)S(=O)(=O)Nc1ccc(F)c(C(=O)c2c[nH]c3ncc(-c4ccc(CN5CCC(C(=O)OC(C)(C)C)C5)cc4)cc23)c1F. The maximum absolute atomic E-state index is 15.5. The average molecular weight is 654 g/mol. The zero-order valence-electron chi connectivity index (χ0n) is 26.4. The van der Waals surface area contributed by atoms with E-state index in [0.717, 1.165) is 40.5 Å². The van der Waals surface area contributed by atoms with Crippen molar-refractivity contribution in [3.05, 3.63) is 83.2 Å². The van der Waals surface area contributed by atoms with E-state index in [2.05, 4.69) is 19.6 Å². The third kappa shape index (κ3) is 7.11. The van der Waals surface area contributed by atoms with Gasteiger partial charge in [0.25, 0.3) is 0 Å². The zero-order valence-corrected chi connectivity index (χ0v) is 27.2. The van der Waals surface area contributed by atoms with E-state index in [4.69, 9.17) is 4.74 Å². The van der Waals surface area contributed by atoms with Gasteiger partial charge in [-0.2, -0.15) is 12.7 Å². The van der Waals surface area contributed by atoms with Crippen molar-refractivity contribution in [3.63, 3.8) is 0 Å². The van der Waals surface area contributed by atoms with E-state index in [1.807, 2.05) is 45.0 Å². The number of pyridine rings is 1. The summed E-state index contributed by atoms with van der Waals surface area (Å²) < 4.78 is 63.8. The zero-order chi connectivity index (χ0) is 33.4. The molecule has 0 amide bonds. The number of halogens is 2. The van der Waals surface area contributed by atoms with Crippen molar-refractivity contribution in [2.45, 2.75) is 46.3 Å². The molecule has 244 valence electrons. The average Bonchev–Trinajstić information content (AvgIpc) is 3.65. The van der Waals surface area contributed by atoms with Crippen molar-refractivity contribution in [2.24, 2.45) is 5.92 Å². The summed E-state index contributed by atoms with van der Waals surface area (Å²) in [5.74, 6) is -3.72. The molecule has 0 radical (unpaired) electrons. The first-order valence-electron chi connectivity index (χ1n) is 14.9. The van der Waals surface area contributed by atoms with E-state index in [-0.39, 0.29) is 24.0 Å². The Morgan fingerprint density at radius 1 is 1.13 bits per heavy atom. The maximum Gasteiger partial charge on any atom is 0.310 e. The molecule has 0 spiro atoms. The number of H-pyrrole nitrogens is 1. The molecule has 2 aromatic heterocycles. The summed E-state index contributed by atoms with van der Waals surface area (Å²) in [7, 11) is -2.81. The minimum atomic E-state index is -4.12. The highest BCUT2D eigenvalue weighted by molar-refractivity contribution is 7.90. The van der Waals surface area contributed by atoms with Crippen LogP contribution in [-0.2, 0) is 26.3 Å². The number of ether oxygens (including phenoxy) is 1. The largest absolute Gasteiger partial charge is 0.460 e. The number of fused-ring (bicyclic) bond motifs is 1. The van der Waals surface area contributed by atoms with Gasteiger partial charge < -0.3 is 9.72 Å². The second kappa shape index (κ2) is 12.9. The fraction of sp³-hybridized carbons (Fsp3) is 0.364. The molecule has 13 heteroatoms. The van der Waals surface area contributed by atoms with Crippen molar-refractivity contribution in [1.82, 2.24) is 19.2 Å². The Bertz CT molecular complexity index is 1890. The third-order valence-corrected chi connectivity index (χ3v) is 9.45. The summed E-state index contributed by atoms with van der Waals surface area (Å²) in [5, 5.41) is 0.354. The van der Waals surface area contributed by atoms with Crippen LogP contribution in [0.5, 0.6) is 0 Å². The van der Waals surface area contributed by atoms with Crippen LogP contribution in [0.1, 0.15) is 55.6 Å². The summed E-state index contributed by atoms with van der Waals surface area (Å²) in [6, 6.07) is 11.3. The number of likely N-dealkylation sites (tertiary alicyclic amines) is 1. The molecular formula is C33H37F2N5O5S. The minimum absolute atomic E-state index is 0.0157. The molecular weight excluding hydrogens is 616 g/mol. The lowest BCUT2D eigenvalue weighted by molar-refractivity contribution is -0.159. The van der Waals surface area contributed by atoms with Crippen molar-refractivity contribution in [1.29, 1.82) is 0 Å². The molecule has 2 aromatic carbocycles. The van der Waals surface area contributed by atoms with E-state index < -0.39 is 44.5 Å². The number of benzene rings is 2. The van der Waals surface area contributed by atoms with Gasteiger partial charge in [-0.15, -0.1) is 0 Å². The Hall–Kier alpha value is -4.20. The van der Waals surface area contributed by atoms with E-state index in [0.29, 0.717) is 29.7 Å². The number of esters is 1. The van der Waals surface area contributed by atoms with Crippen LogP contribution in [0.2, 0.25) is 0 Å². The van der Waals surface area contributed by atoms with Gasteiger partial charge in [-0.3, -0.25) is 19.2 Å². The monoisotopic (exact) mass is 653 g/mol. The number of ketones is 1. The van der Waals surface area contributed by atoms with Gasteiger partial charge in [0.15, 0.2) is 5.82 Å².